The molecule has 1 aliphatic heterocycles. The van der Waals surface area contributed by atoms with Gasteiger partial charge < -0.3 is 21.1 Å². The summed E-state index contributed by atoms with van der Waals surface area (Å²) in [6.07, 6.45) is 4.42. The number of carbonyl (C=O) groups is 1. The molecule has 0 aromatic carbocycles. The van der Waals surface area contributed by atoms with E-state index in [2.05, 4.69) is 41.1 Å². The summed E-state index contributed by atoms with van der Waals surface area (Å²) in [6.45, 7) is 3.09. The average Bonchev–Trinajstić information content (AvgIpc) is 2.71. The zero-order valence-electron chi connectivity index (χ0n) is 15.8. The number of hydrogen-bond acceptors (Lipinski definition) is 7. The van der Waals surface area contributed by atoms with E-state index in [0.717, 1.165) is 10.2 Å². The van der Waals surface area contributed by atoms with E-state index < -0.39 is 6.10 Å². The molecule has 8 nitrogen and oxygen atoms in total. The predicted octanol–water partition coefficient (Wildman–Crippen LogP) is 2.18. The Hall–Kier alpha value is -2.62. The third-order valence-corrected chi connectivity index (χ3v) is 5.52. The number of aliphatic hydroxyl groups excluding tert-OH is 1. The number of piperidine rings is 1. The van der Waals surface area contributed by atoms with Gasteiger partial charge in [-0.25, -0.2) is 4.98 Å². The van der Waals surface area contributed by atoms with Gasteiger partial charge in [0, 0.05) is 41.9 Å². The molecule has 3 aromatic heterocycles. The van der Waals surface area contributed by atoms with Gasteiger partial charge in [-0.1, -0.05) is 6.92 Å². The Morgan fingerprint density at radius 1 is 1.28 bits per heavy atom. The number of fused-ring (bicyclic) bond motifs is 1. The first-order valence-corrected chi connectivity index (χ1v) is 10.1. The third kappa shape index (κ3) is 4.07. The summed E-state index contributed by atoms with van der Waals surface area (Å²) in [5, 5.41) is 13.0. The molecule has 3 aromatic rings. The fraction of sp³-hybridized carbons (Fsp3) is 0.300. The van der Waals surface area contributed by atoms with Gasteiger partial charge in [0.05, 0.1) is 34.7 Å². The van der Waals surface area contributed by atoms with Crippen molar-refractivity contribution in [3.63, 3.8) is 0 Å². The highest BCUT2D eigenvalue weighted by Crippen LogP contribution is 2.29. The van der Waals surface area contributed by atoms with Crippen molar-refractivity contribution in [3.8, 4) is 0 Å². The van der Waals surface area contributed by atoms with Crippen molar-refractivity contribution >= 4 is 44.2 Å². The second-order valence-electron chi connectivity index (χ2n) is 7.27. The monoisotopic (exact) mass is 456 g/mol. The number of aromatic nitrogens is 3. The number of anilines is 2. The van der Waals surface area contributed by atoms with E-state index in [4.69, 9.17) is 5.73 Å². The van der Waals surface area contributed by atoms with Crippen LogP contribution >= 0.6 is 15.9 Å². The molecule has 1 fully saturated rings. The van der Waals surface area contributed by atoms with E-state index in [9.17, 15) is 9.90 Å². The second kappa shape index (κ2) is 8.02. The summed E-state index contributed by atoms with van der Waals surface area (Å²) in [7, 11) is 0. The number of hydrogen-bond donors (Lipinski definition) is 3. The molecule has 0 aliphatic carbocycles. The molecule has 1 saturated heterocycles. The molecule has 0 unspecified atom stereocenters. The molecule has 0 saturated carbocycles. The summed E-state index contributed by atoms with van der Waals surface area (Å²) >= 11 is 3.37. The first-order valence-electron chi connectivity index (χ1n) is 9.28. The minimum absolute atomic E-state index is 0.0172. The molecular formula is C20H21BrN6O2. The maximum absolute atomic E-state index is 12.8. The Kier molecular flexibility index (Phi) is 5.44. The van der Waals surface area contributed by atoms with Crippen LogP contribution in [0, 0.1) is 5.92 Å². The number of nitrogens with zero attached hydrogens (tertiary/aromatic N) is 4. The van der Waals surface area contributed by atoms with E-state index in [0.29, 0.717) is 29.8 Å². The third-order valence-electron chi connectivity index (χ3n) is 5.08. The van der Waals surface area contributed by atoms with Gasteiger partial charge in [-0.05, 0) is 40.2 Å². The molecule has 4 rings (SSSR count). The maximum atomic E-state index is 12.8. The normalized spacial score (nSPS) is 21.9. The van der Waals surface area contributed by atoms with Gasteiger partial charge >= 0.3 is 0 Å². The van der Waals surface area contributed by atoms with Crippen molar-refractivity contribution in [2.45, 2.75) is 19.1 Å². The van der Waals surface area contributed by atoms with E-state index in [-0.39, 0.29) is 23.6 Å². The molecule has 4 heterocycles. The van der Waals surface area contributed by atoms with Gasteiger partial charge in [0.2, 0.25) is 0 Å². The SMILES string of the molecule is C[C@H]1CN(c2ccncc2NC(=O)c2ccc3ncc(Br)cc3n2)C[C@@H](N)[C@@H]1O. The largest absolute Gasteiger partial charge is 0.391 e. The summed E-state index contributed by atoms with van der Waals surface area (Å²) < 4.78 is 0.794. The Labute approximate surface area is 176 Å². The number of carbonyl (C=O) groups excluding carboxylic acids is 1. The molecule has 1 amide bonds. The number of halogens is 1. The molecule has 0 bridgehead atoms. The summed E-state index contributed by atoms with van der Waals surface area (Å²) in [5.74, 6) is -0.320. The molecule has 3 atom stereocenters. The van der Waals surface area contributed by atoms with Crippen LogP contribution in [-0.4, -0.2) is 51.2 Å². The van der Waals surface area contributed by atoms with Crippen LogP contribution in [0.3, 0.4) is 0 Å². The molecule has 4 N–H and O–H groups in total. The molecule has 0 radical (unpaired) electrons. The highest BCUT2D eigenvalue weighted by molar-refractivity contribution is 9.10. The van der Waals surface area contributed by atoms with Crippen molar-refractivity contribution in [1.29, 1.82) is 0 Å². The molecule has 9 heteroatoms. The highest BCUT2D eigenvalue weighted by atomic mass is 79.9. The maximum Gasteiger partial charge on any atom is 0.274 e. The van der Waals surface area contributed by atoms with Gasteiger partial charge in [0.15, 0.2) is 0 Å². The topological polar surface area (TPSA) is 117 Å². The quantitative estimate of drug-likeness (QED) is 0.552. The van der Waals surface area contributed by atoms with Gasteiger partial charge in [-0.3, -0.25) is 14.8 Å². The van der Waals surface area contributed by atoms with Crippen LogP contribution in [0.25, 0.3) is 11.0 Å². The van der Waals surface area contributed by atoms with Crippen molar-refractivity contribution < 1.29 is 9.90 Å². The van der Waals surface area contributed by atoms with Gasteiger partial charge in [-0.2, -0.15) is 0 Å². The van der Waals surface area contributed by atoms with Crippen LogP contribution < -0.4 is 16.0 Å². The Morgan fingerprint density at radius 3 is 2.90 bits per heavy atom. The minimum atomic E-state index is -0.541. The summed E-state index contributed by atoms with van der Waals surface area (Å²) in [6, 6.07) is 6.70. The fourth-order valence-corrected chi connectivity index (χ4v) is 3.88. The van der Waals surface area contributed by atoms with E-state index in [1.54, 1.807) is 30.7 Å². The number of nitrogens with two attached hydrogens (primary N) is 1. The van der Waals surface area contributed by atoms with Gasteiger partial charge in [0.25, 0.3) is 5.91 Å². The number of rotatable bonds is 3. The van der Waals surface area contributed by atoms with Crippen LogP contribution in [0.15, 0.2) is 47.3 Å². The first kappa shape index (κ1) is 19.7. The van der Waals surface area contributed by atoms with E-state index >= 15 is 0 Å². The van der Waals surface area contributed by atoms with Crippen LogP contribution in [0.4, 0.5) is 11.4 Å². The smallest absolute Gasteiger partial charge is 0.274 e. The Morgan fingerprint density at radius 2 is 2.10 bits per heavy atom. The predicted molar refractivity (Wildman–Crippen MR) is 115 cm³/mol. The van der Waals surface area contributed by atoms with Crippen molar-refractivity contribution in [2.24, 2.45) is 11.7 Å². The lowest BCUT2D eigenvalue weighted by Gasteiger charge is -2.40. The number of nitrogens with one attached hydrogen (secondary N) is 1. The molecular weight excluding hydrogens is 436 g/mol. The van der Waals surface area contributed by atoms with E-state index in [1.165, 1.54) is 0 Å². The lowest BCUT2D eigenvalue weighted by Crippen LogP contribution is -2.55. The standard InChI is InChI=1S/C20H21BrN6O2/c1-11-9-27(10-13(22)19(11)28)18-4-5-23-8-17(18)26-20(29)15-3-2-14-16(25-15)6-12(21)7-24-14/h2-8,11,13,19,28H,9-10,22H2,1H3,(H,26,29)/t11-,13+,19+/m0/s1. The second-order valence-corrected chi connectivity index (χ2v) is 8.19. The highest BCUT2D eigenvalue weighted by Gasteiger charge is 2.32. The number of amides is 1. The van der Waals surface area contributed by atoms with Gasteiger partial charge in [0.1, 0.15) is 5.69 Å². The lowest BCUT2D eigenvalue weighted by atomic mass is 9.92. The molecule has 29 heavy (non-hydrogen) atoms. The first-order chi connectivity index (χ1) is 13.9. The van der Waals surface area contributed by atoms with Crippen molar-refractivity contribution in [3.05, 3.63) is 53.0 Å². The van der Waals surface area contributed by atoms with Crippen molar-refractivity contribution in [2.75, 3.05) is 23.3 Å². The zero-order chi connectivity index (χ0) is 20.5. The number of pyridine rings is 3. The molecule has 0 spiro atoms. The fourth-order valence-electron chi connectivity index (χ4n) is 3.57. The Balaban J connectivity index is 1.59. The van der Waals surface area contributed by atoms with Crippen LogP contribution in [-0.2, 0) is 0 Å². The lowest BCUT2D eigenvalue weighted by molar-refractivity contribution is 0.0785. The number of aliphatic hydroxyl groups is 1. The average molecular weight is 457 g/mol. The van der Waals surface area contributed by atoms with Crippen LogP contribution in [0.2, 0.25) is 0 Å². The molecule has 1 aliphatic rings. The van der Waals surface area contributed by atoms with Crippen LogP contribution in [0.1, 0.15) is 17.4 Å². The van der Waals surface area contributed by atoms with Crippen LogP contribution in [0.5, 0.6) is 0 Å². The Bertz CT molecular complexity index is 1050. The summed E-state index contributed by atoms with van der Waals surface area (Å²) in [4.78, 5) is 27.7. The summed E-state index contributed by atoms with van der Waals surface area (Å²) in [5.41, 5.74) is 9.10. The minimum Gasteiger partial charge on any atom is -0.391 e. The molecule has 150 valence electrons. The van der Waals surface area contributed by atoms with E-state index in [1.807, 2.05) is 19.1 Å². The zero-order valence-corrected chi connectivity index (χ0v) is 17.4. The van der Waals surface area contributed by atoms with Gasteiger partial charge in [-0.15, -0.1) is 0 Å². The van der Waals surface area contributed by atoms with Crippen molar-refractivity contribution in [1.82, 2.24) is 15.0 Å².